The summed E-state index contributed by atoms with van der Waals surface area (Å²) in [5, 5.41) is 3.41. The molecule has 1 N–H and O–H groups in total. The number of benzene rings is 1. The van der Waals surface area contributed by atoms with E-state index in [9.17, 15) is 4.39 Å². The van der Waals surface area contributed by atoms with Crippen molar-refractivity contribution in [2.75, 3.05) is 18.0 Å². The molecule has 0 saturated carbocycles. The Morgan fingerprint density at radius 2 is 1.90 bits per heavy atom. The molecule has 0 radical (unpaired) electrons. The summed E-state index contributed by atoms with van der Waals surface area (Å²) in [5.41, 5.74) is 2.20. The van der Waals surface area contributed by atoms with Gasteiger partial charge in [-0.15, -0.1) is 0 Å². The van der Waals surface area contributed by atoms with Gasteiger partial charge in [0.2, 0.25) is 0 Å². The molecule has 3 heteroatoms. The van der Waals surface area contributed by atoms with E-state index in [0.29, 0.717) is 12.0 Å². The van der Waals surface area contributed by atoms with Crippen molar-refractivity contribution < 1.29 is 4.39 Å². The molecule has 0 heterocycles. The van der Waals surface area contributed by atoms with Crippen LogP contribution in [-0.2, 0) is 6.54 Å². The standard InChI is InChI=1S/C17H29FN2/c1-6-14(5)20(7-2)17-9-8-16(18)10-15(17)12-19-11-13(3)4/h8-10,13-14,19H,6-7,11-12H2,1-5H3. The van der Waals surface area contributed by atoms with Crippen LogP contribution in [0.3, 0.4) is 0 Å². The second kappa shape index (κ2) is 8.25. The van der Waals surface area contributed by atoms with Crippen LogP contribution < -0.4 is 10.2 Å². The van der Waals surface area contributed by atoms with Crippen LogP contribution in [0.25, 0.3) is 0 Å². The molecule has 0 amide bonds. The smallest absolute Gasteiger partial charge is 0.123 e. The highest BCUT2D eigenvalue weighted by molar-refractivity contribution is 5.54. The molecule has 0 saturated heterocycles. The van der Waals surface area contributed by atoms with E-state index in [1.807, 2.05) is 6.07 Å². The predicted octanol–water partition coefficient (Wildman–Crippen LogP) is 4.20. The molecule has 0 aliphatic heterocycles. The molecule has 20 heavy (non-hydrogen) atoms. The maximum atomic E-state index is 13.5. The lowest BCUT2D eigenvalue weighted by Gasteiger charge is -2.31. The number of rotatable bonds is 8. The molecule has 0 aliphatic rings. The van der Waals surface area contributed by atoms with E-state index in [4.69, 9.17) is 0 Å². The van der Waals surface area contributed by atoms with E-state index in [0.717, 1.165) is 37.3 Å². The number of anilines is 1. The number of nitrogens with zero attached hydrogens (tertiary/aromatic N) is 1. The van der Waals surface area contributed by atoms with E-state index >= 15 is 0 Å². The molecule has 0 fully saturated rings. The fourth-order valence-corrected chi connectivity index (χ4v) is 2.41. The maximum Gasteiger partial charge on any atom is 0.123 e. The van der Waals surface area contributed by atoms with Crippen LogP contribution in [0.4, 0.5) is 10.1 Å². The average Bonchev–Trinajstić information content (AvgIpc) is 2.41. The second-order valence-electron chi connectivity index (χ2n) is 5.84. The van der Waals surface area contributed by atoms with Crippen molar-refractivity contribution in [2.45, 2.75) is 53.6 Å². The Kier molecular flexibility index (Phi) is 7.00. The highest BCUT2D eigenvalue weighted by atomic mass is 19.1. The fourth-order valence-electron chi connectivity index (χ4n) is 2.41. The molecule has 0 aliphatic carbocycles. The largest absolute Gasteiger partial charge is 0.369 e. The van der Waals surface area contributed by atoms with Gasteiger partial charge in [0.15, 0.2) is 0 Å². The van der Waals surface area contributed by atoms with E-state index in [1.165, 1.54) is 0 Å². The van der Waals surface area contributed by atoms with Crippen LogP contribution >= 0.6 is 0 Å². The van der Waals surface area contributed by atoms with Crippen molar-refractivity contribution in [1.29, 1.82) is 0 Å². The van der Waals surface area contributed by atoms with Gasteiger partial charge in [0.1, 0.15) is 5.82 Å². The Bertz CT molecular complexity index is 404. The lowest BCUT2D eigenvalue weighted by Crippen LogP contribution is -2.33. The molecule has 114 valence electrons. The van der Waals surface area contributed by atoms with Gasteiger partial charge in [-0.3, -0.25) is 0 Å². The van der Waals surface area contributed by atoms with Crippen LogP contribution in [0.15, 0.2) is 18.2 Å². The molecule has 0 bridgehead atoms. The minimum atomic E-state index is -0.157. The summed E-state index contributed by atoms with van der Waals surface area (Å²) >= 11 is 0. The first kappa shape index (κ1) is 17.0. The zero-order chi connectivity index (χ0) is 15.1. The SMILES string of the molecule is CCC(C)N(CC)c1ccc(F)cc1CNCC(C)C. The van der Waals surface area contributed by atoms with Crippen molar-refractivity contribution in [2.24, 2.45) is 5.92 Å². The maximum absolute atomic E-state index is 13.5. The minimum Gasteiger partial charge on any atom is -0.369 e. The van der Waals surface area contributed by atoms with E-state index in [-0.39, 0.29) is 5.82 Å². The Morgan fingerprint density at radius 3 is 2.45 bits per heavy atom. The van der Waals surface area contributed by atoms with Crippen LogP contribution in [-0.4, -0.2) is 19.1 Å². The summed E-state index contributed by atoms with van der Waals surface area (Å²) < 4.78 is 13.5. The summed E-state index contributed by atoms with van der Waals surface area (Å²) in [5.74, 6) is 0.444. The van der Waals surface area contributed by atoms with Gasteiger partial charge in [0, 0.05) is 24.8 Å². The van der Waals surface area contributed by atoms with Gasteiger partial charge in [-0.05, 0) is 56.5 Å². The molecule has 1 rings (SSSR count). The molecular formula is C17H29FN2. The van der Waals surface area contributed by atoms with Gasteiger partial charge in [-0.1, -0.05) is 20.8 Å². The summed E-state index contributed by atoms with van der Waals surface area (Å²) in [6.07, 6.45) is 1.09. The number of hydrogen-bond donors (Lipinski definition) is 1. The first-order valence-electron chi connectivity index (χ1n) is 7.75. The summed E-state index contributed by atoms with van der Waals surface area (Å²) in [6.45, 7) is 13.5. The normalized spacial score (nSPS) is 12.8. The van der Waals surface area contributed by atoms with Gasteiger partial charge < -0.3 is 10.2 Å². The molecule has 2 nitrogen and oxygen atoms in total. The van der Waals surface area contributed by atoms with E-state index in [2.05, 4.69) is 44.8 Å². The molecule has 1 atom stereocenters. The number of hydrogen-bond acceptors (Lipinski definition) is 2. The van der Waals surface area contributed by atoms with Crippen LogP contribution in [0.1, 0.15) is 46.6 Å². The van der Waals surface area contributed by atoms with Gasteiger partial charge in [0.25, 0.3) is 0 Å². The lowest BCUT2D eigenvalue weighted by molar-refractivity contribution is 0.547. The third-order valence-electron chi connectivity index (χ3n) is 3.68. The highest BCUT2D eigenvalue weighted by Gasteiger charge is 2.15. The first-order chi connectivity index (χ1) is 9.49. The Hall–Kier alpha value is -1.09. The minimum absolute atomic E-state index is 0.157. The van der Waals surface area contributed by atoms with E-state index < -0.39 is 0 Å². The topological polar surface area (TPSA) is 15.3 Å². The van der Waals surface area contributed by atoms with Crippen LogP contribution in [0.5, 0.6) is 0 Å². The number of nitrogens with one attached hydrogen (secondary N) is 1. The second-order valence-corrected chi connectivity index (χ2v) is 5.84. The van der Waals surface area contributed by atoms with Crippen molar-refractivity contribution in [3.63, 3.8) is 0 Å². The highest BCUT2D eigenvalue weighted by Crippen LogP contribution is 2.24. The average molecular weight is 280 g/mol. The lowest BCUT2D eigenvalue weighted by atomic mass is 10.1. The van der Waals surface area contributed by atoms with Gasteiger partial charge >= 0.3 is 0 Å². The van der Waals surface area contributed by atoms with Crippen molar-refractivity contribution in [1.82, 2.24) is 5.32 Å². The van der Waals surface area contributed by atoms with Gasteiger partial charge in [0.05, 0.1) is 0 Å². The van der Waals surface area contributed by atoms with Crippen LogP contribution in [0, 0.1) is 11.7 Å². The quantitative estimate of drug-likeness (QED) is 0.768. The molecule has 0 spiro atoms. The zero-order valence-electron chi connectivity index (χ0n) is 13.5. The third kappa shape index (κ3) is 4.78. The zero-order valence-corrected chi connectivity index (χ0v) is 13.5. The third-order valence-corrected chi connectivity index (χ3v) is 3.68. The Morgan fingerprint density at radius 1 is 1.20 bits per heavy atom. The van der Waals surface area contributed by atoms with Crippen molar-refractivity contribution in [3.05, 3.63) is 29.6 Å². The molecular weight excluding hydrogens is 251 g/mol. The monoisotopic (exact) mass is 280 g/mol. The first-order valence-corrected chi connectivity index (χ1v) is 7.75. The number of halogens is 1. The fraction of sp³-hybridized carbons (Fsp3) is 0.647. The Labute approximate surface area is 123 Å². The van der Waals surface area contributed by atoms with Gasteiger partial charge in [-0.2, -0.15) is 0 Å². The van der Waals surface area contributed by atoms with Crippen molar-refractivity contribution in [3.8, 4) is 0 Å². The van der Waals surface area contributed by atoms with E-state index in [1.54, 1.807) is 12.1 Å². The Balaban J connectivity index is 2.93. The molecule has 1 aromatic carbocycles. The summed E-state index contributed by atoms with van der Waals surface area (Å²) in [6, 6.07) is 5.60. The van der Waals surface area contributed by atoms with Crippen molar-refractivity contribution >= 4 is 5.69 Å². The summed E-state index contributed by atoms with van der Waals surface area (Å²) in [4.78, 5) is 2.35. The molecule has 0 aromatic heterocycles. The van der Waals surface area contributed by atoms with Crippen LogP contribution in [0.2, 0.25) is 0 Å². The summed E-state index contributed by atoms with van der Waals surface area (Å²) in [7, 11) is 0. The predicted molar refractivity (Wildman–Crippen MR) is 85.7 cm³/mol. The van der Waals surface area contributed by atoms with Gasteiger partial charge in [-0.25, -0.2) is 4.39 Å². The molecule has 1 unspecified atom stereocenters. The molecule has 1 aromatic rings.